The number of rotatable bonds is 2. The predicted molar refractivity (Wildman–Crippen MR) is 86.2 cm³/mol. The molecular weight excluding hydrogens is 350 g/mol. The maximum atomic E-state index is 11.8. The van der Waals surface area contributed by atoms with Crippen LogP contribution in [0.15, 0.2) is 39.7 Å². The molecular formula is C15H16BrN3O3. The van der Waals surface area contributed by atoms with Crippen LogP contribution in [-0.2, 0) is 9.59 Å². The van der Waals surface area contributed by atoms with Gasteiger partial charge in [0.15, 0.2) is 12.2 Å². The standard InChI is InChI=1S/C15H16BrN3O3/c1-15(2,3)19-14(21)13(20)18-9-4-5-10(11(16)6-9)12-7-17-8-22-12/h4-8H,1-3H3,(H,18,20)(H,19,21). The van der Waals surface area contributed by atoms with Crippen molar-refractivity contribution in [3.63, 3.8) is 0 Å². The third kappa shape index (κ3) is 4.17. The van der Waals surface area contributed by atoms with Gasteiger partial charge in [0.1, 0.15) is 0 Å². The van der Waals surface area contributed by atoms with Crippen LogP contribution in [0.2, 0.25) is 0 Å². The molecule has 0 unspecified atom stereocenters. The molecule has 0 fully saturated rings. The van der Waals surface area contributed by atoms with E-state index in [0.29, 0.717) is 11.4 Å². The number of carbonyl (C=O) groups is 2. The quantitative estimate of drug-likeness (QED) is 0.801. The SMILES string of the molecule is CC(C)(C)NC(=O)C(=O)Nc1ccc(-c2cnco2)c(Br)c1. The molecule has 0 bridgehead atoms. The van der Waals surface area contributed by atoms with Crippen molar-refractivity contribution in [2.24, 2.45) is 0 Å². The van der Waals surface area contributed by atoms with Gasteiger partial charge in [-0.05, 0) is 54.9 Å². The van der Waals surface area contributed by atoms with Crippen molar-refractivity contribution in [3.05, 3.63) is 35.3 Å². The lowest BCUT2D eigenvalue weighted by Gasteiger charge is -2.19. The summed E-state index contributed by atoms with van der Waals surface area (Å²) in [6.07, 6.45) is 2.93. The van der Waals surface area contributed by atoms with Gasteiger partial charge < -0.3 is 15.1 Å². The Labute approximate surface area is 136 Å². The average Bonchev–Trinajstić information content (AvgIpc) is 2.90. The molecule has 0 aliphatic heterocycles. The highest BCUT2D eigenvalue weighted by atomic mass is 79.9. The van der Waals surface area contributed by atoms with Crippen LogP contribution in [0.3, 0.4) is 0 Å². The van der Waals surface area contributed by atoms with E-state index < -0.39 is 17.4 Å². The molecule has 0 saturated heterocycles. The molecule has 1 aromatic carbocycles. The highest BCUT2D eigenvalue weighted by molar-refractivity contribution is 9.10. The van der Waals surface area contributed by atoms with Crippen molar-refractivity contribution >= 4 is 33.4 Å². The number of halogens is 1. The van der Waals surface area contributed by atoms with Gasteiger partial charge in [0.2, 0.25) is 0 Å². The van der Waals surface area contributed by atoms with E-state index in [0.717, 1.165) is 10.0 Å². The third-order valence-corrected chi connectivity index (χ3v) is 3.28. The number of amides is 2. The third-order valence-electron chi connectivity index (χ3n) is 2.62. The fourth-order valence-corrected chi connectivity index (χ4v) is 2.30. The first-order chi connectivity index (χ1) is 10.3. The summed E-state index contributed by atoms with van der Waals surface area (Å²) in [4.78, 5) is 27.4. The first kappa shape index (κ1) is 16.2. The summed E-state index contributed by atoms with van der Waals surface area (Å²) in [5, 5.41) is 5.15. The second kappa shape index (κ2) is 6.31. The number of benzene rings is 1. The van der Waals surface area contributed by atoms with Gasteiger partial charge in [-0.25, -0.2) is 4.98 Å². The van der Waals surface area contributed by atoms with Gasteiger partial charge in [0, 0.05) is 21.3 Å². The van der Waals surface area contributed by atoms with E-state index in [1.807, 2.05) is 0 Å². The molecule has 0 spiro atoms. The van der Waals surface area contributed by atoms with Crippen molar-refractivity contribution in [1.29, 1.82) is 0 Å². The fourth-order valence-electron chi connectivity index (χ4n) is 1.73. The second-order valence-electron chi connectivity index (χ2n) is 5.72. The van der Waals surface area contributed by atoms with E-state index in [9.17, 15) is 9.59 Å². The van der Waals surface area contributed by atoms with Gasteiger partial charge in [-0.3, -0.25) is 9.59 Å². The Morgan fingerprint density at radius 1 is 1.23 bits per heavy atom. The summed E-state index contributed by atoms with van der Waals surface area (Å²) in [5.41, 5.74) is 0.837. The molecule has 0 radical (unpaired) electrons. The van der Waals surface area contributed by atoms with Crippen molar-refractivity contribution in [3.8, 4) is 11.3 Å². The van der Waals surface area contributed by atoms with E-state index in [4.69, 9.17) is 4.42 Å². The van der Waals surface area contributed by atoms with Crippen molar-refractivity contribution in [1.82, 2.24) is 10.3 Å². The molecule has 2 rings (SSSR count). The Morgan fingerprint density at radius 3 is 2.50 bits per heavy atom. The fraction of sp³-hybridized carbons (Fsp3) is 0.267. The summed E-state index contributed by atoms with van der Waals surface area (Å²) < 4.78 is 5.94. The van der Waals surface area contributed by atoms with E-state index in [2.05, 4.69) is 31.5 Å². The minimum atomic E-state index is -0.714. The largest absolute Gasteiger partial charge is 0.443 e. The molecule has 1 aromatic heterocycles. The number of hydrogen-bond donors (Lipinski definition) is 2. The lowest BCUT2D eigenvalue weighted by molar-refractivity contribution is -0.137. The number of anilines is 1. The van der Waals surface area contributed by atoms with Crippen LogP contribution in [0.5, 0.6) is 0 Å². The number of nitrogens with zero attached hydrogens (tertiary/aromatic N) is 1. The summed E-state index contributed by atoms with van der Waals surface area (Å²) in [6.45, 7) is 5.42. The molecule has 116 valence electrons. The molecule has 0 saturated carbocycles. The van der Waals surface area contributed by atoms with Gasteiger partial charge in [0.05, 0.1) is 6.20 Å². The Bertz CT molecular complexity index is 691. The van der Waals surface area contributed by atoms with Gasteiger partial charge >= 0.3 is 11.8 Å². The Balaban J connectivity index is 2.10. The molecule has 7 heteroatoms. The zero-order valence-electron chi connectivity index (χ0n) is 12.4. The molecule has 2 aromatic rings. The maximum Gasteiger partial charge on any atom is 0.313 e. The van der Waals surface area contributed by atoms with Crippen molar-refractivity contribution < 1.29 is 14.0 Å². The minimum Gasteiger partial charge on any atom is -0.443 e. The Morgan fingerprint density at radius 2 is 1.95 bits per heavy atom. The molecule has 2 amide bonds. The zero-order chi connectivity index (χ0) is 16.3. The summed E-state index contributed by atoms with van der Waals surface area (Å²) in [7, 11) is 0. The monoisotopic (exact) mass is 365 g/mol. The van der Waals surface area contributed by atoms with Gasteiger partial charge in [-0.1, -0.05) is 0 Å². The number of aromatic nitrogens is 1. The first-order valence-electron chi connectivity index (χ1n) is 6.58. The molecule has 0 atom stereocenters. The molecule has 22 heavy (non-hydrogen) atoms. The Kier molecular flexibility index (Phi) is 4.65. The lowest BCUT2D eigenvalue weighted by atomic mass is 10.1. The van der Waals surface area contributed by atoms with Crippen molar-refractivity contribution in [2.45, 2.75) is 26.3 Å². The van der Waals surface area contributed by atoms with Gasteiger partial charge in [0.25, 0.3) is 0 Å². The Hall–Kier alpha value is -2.15. The first-order valence-corrected chi connectivity index (χ1v) is 7.37. The van der Waals surface area contributed by atoms with E-state index in [1.54, 1.807) is 45.2 Å². The van der Waals surface area contributed by atoms with Gasteiger partial charge in [-0.15, -0.1) is 0 Å². The number of nitrogens with one attached hydrogen (secondary N) is 2. The van der Waals surface area contributed by atoms with E-state index in [1.165, 1.54) is 6.39 Å². The lowest BCUT2D eigenvalue weighted by Crippen LogP contribution is -2.46. The van der Waals surface area contributed by atoms with Crippen LogP contribution in [0.1, 0.15) is 20.8 Å². The smallest absolute Gasteiger partial charge is 0.313 e. The summed E-state index contributed by atoms with van der Waals surface area (Å²) >= 11 is 3.40. The van der Waals surface area contributed by atoms with Crippen LogP contribution >= 0.6 is 15.9 Å². The van der Waals surface area contributed by atoms with Crippen LogP contribution < -0.4 is 10.6 Å². The van der Waals surface area contributed by atoms with Crippen LogP contribution in [0.4, 0.5) is 5.69 Å². The molecule has 2 N–H and O–H groups in total. The summed E-state index contributed by atoms with van der Waals surface area (Å²) in [5.74, 6) is -0.785. The van der Waals surface area contributed by atoms with Crippen LogP contribution in [-0.4, -0.2) is 22.3 Å². The van der Waals surface area contributed by atoms with Crippen LogP contribution in [0, 0.1) is 0 Å². The van der Waals surface area contributed by atoms with Crippen LogP contribution in [0.25, 0.3) is 11.3 Å². The molecule has 6 nitrogen and oxygen atoms in total. The highest BCUT2D eigenvalue weighted by Crippen LogP contribution is 2.30. The number of carbonyl (C=O) groups excluding carboxylic acids is 2. The maximum absolute atomic E-state index is 11.8. The summed E-state index contributed by atoms with van der Waals surface area (Å²) in [6, 6.07) is 5.15. The van der Waals surface area contributed by atoms with E-state index in [-0.39, 0.29) is 0 Å². The minimum absolute atomic E-state index is 0.467. The number of oxazole rings is 1. The zero-order valence-corrected chi connectivity index (χ0v) is 14.0. The molecule has 1 heterocycles. The van der Waals surface area contributed by atoms with Gasteiger partial charge in [-0.2, -0.15) is 0 Å². The van der Waals surface area contributed by atoms with E-state index >= 15 is 0 Å². The topological polar surface area (TPSA) is 84.2 Å². The number of hydrogen-bond acceptors (Lipinski definition) is 4. The normalized spacial score (nSPS) is 11.1. The molecule has 0 aliphatic rings. The molecule has 0 aliphatic carbocycles. The predicted octanol–water partition coefficient (Wildman–Crippen LogP) is 2.96. The average molecular weight is 366 g/mol. The highest BCUT2D eigenvalue weighted by Gasteiger charge is 2.20. The van der Waals surface area contributed by atoms with Crippen molar-refractivity contribution in [2.75, 3.05) is 5.32 Å². The second-order valence-corrected chi connectivity index (χ2v) is 6.57.